The van der Waals surface area contributed by atoms with Gasteiger partial charge in [0.1, 0.15) is 6.54 Å². The number of nitrogens with zero attached hydrogens (tertiary/aromatic N) is 2. The summed E-state index contributed by atoms with van der Waals surface area (Å²) in [5.74, 6) is -1.46. The molecule has 1 aromatic rings. The molecule has 0 aromatic heterocycles. The third kappa shape index (κ3) is 5.22. The van der Waals surface area contributed by atoms with Gasteiger partial charge in [0.05, 0.1) is 6.54 Å². The third-order valence-electron chi connectivity index (χ3n) is 3.55. The lowest BCUT2D eigenvalue weighted by molar-refractivity contribution is -0.138. The topological polar surface area (TPSA) is 89.9 Å². The average Bonchev–Trinajstić information content (AvgIpc) is 2.54. The minimum atomic E-state index is -1.07. The van der Waals surface area contributed by atoms with E-state index in [-0.39, 0.29) is 24.9 Å². The molecule has 0 bridgehead atoms. The van der Waals surface area contributed by atoms with Gasteiger partial charge in [-0.05, 0) is 24.3 Å². The molecular weight excluding hydrogens is 322 g/mol. The molecule has 1 heterocycles. The van der Waals surface area contributed by atoms with Gasteiger partial charge < -0.3 is 15.3 Å². The first kappa shape index (κ1) is 17.2. The number of rotatable bonds is 5. The number of piperazine rings is 1. The van der Waals surface area contributed by atoms with Gasteiger partial charge in [-0.1, -0.05) is 11.6 Å². The predicted octanol–water partition coefficient (Wildman–Crippen LogP) is 0.299. The van der Waals surface area contributed by atoms with Crippen LogP contribution in [0.3, 0.4) is 0 Å². The van der Waals surface area contributed by atoms with Crippen LogP contribution in [0.5, 0.6) is 0 Å². The van der Waals surface area contributed by atoms with E-state index in [1.54, 1.807) is 29.2 Å². The van der Waals surface area contributed by atoms with E-state index in [1.807, 2.05) is 4.90 Å². The number of carboxylic acid groups (broad SMARTS) is 1. The van der Waals surface area contributed by atoms with Gasteiger partial charge in [-0.3, -0.25) is 19.3 Å². The van der Waals surface area contributed by atoms with E-state index in [4.69, 9.17) is 16.7 Å². The van der Waals surface area contributed by atoms with Crippen LogP contribution in [0.15, 0.2) is 24.3 Å². The van der Waals surface area contributed by atoms with E-state index >= 15 is 0 Å². The second kappa shape index (κ2) is 7.94. The molecule has 7 nitrogen and oxygen atoms in total. The summed E-state index contributed by atoms with van der Waals surface area (Å²) in [6.07, 6.45) is 0. The molecule has 124 valence electrons. The smallest absolute Gasteiger partial charge is 0.322 e. The largest absolute Gasteiger partial charge is 0.480 e. The third-order valence-corrected chi connectivity index (χ3v) is 3.81. The first-order valence-electron chi connectivity index (χ1n) is 7.21. The Kier molecular flexibility index (Phi) is 5.95. The second-order valence-corrected chi connectivity index (χ2v) is 5.68. The van der Waals surface area contributed by atoms with Crippen LogP contribution in [0.1, 0.15) is 10.4 Å². The maximum Gasteiger partial charge on any atom is 0.322 e. The molecule has 1 aromatic carbocycles. The molecule has 0 spiro atoms. The van der Waals surface area contributed by atoms with Crippen molar-refractivity contribution >= 4 is 29.4 Å². The number of aliphatic carboxylic acids is 1. The van der Waals surface area contributed by atoms with Crippen LogP contribution in [0.2, 0.25) is 5.02 Å². The van der Waals surface area contributed by atoms with E-state index in [0.717, 1.165) is 0 Å². The Morgan fingerprint density at radius 2 is 1.70 bits per heavy atom. The SMILES string of the molecule is O=C(O)CNC(=O)CN1CCN(C(=O)c2ccc(Cl)cc2)CC1. The van der Waals surface area contributed by atoms with E-state index in [2.05, 4.69) is 5.32 Å². The number of carbonyl (C=O) groups is 3. The molecule has 1 saturated heterocycles. The lowest BCUT2D eigenvalue weighted by atomic mass is 10.2. The fourth-order valence-corrected chi connectivity index (χ4v) is 2.44. The summed E-state index contributed by atoms with van der Waals surface area (Å²) in [7, 11) is 0. The molecule has 23 heavy (non-hydrogen) atoms. The molecule has 1 fully saturated rings. The van der Waals surface area contributed by atoms with Gasteiger partial charge in [0, 0.05) is 36.8 Å². The maximum atomic E-state index is 12.3. The lowest BCUT2D eigenvalue weighted by Gasteiger charge is -2.34. The van der Waals surface area contributed by atoms with Crippen LogP contribution in [-0.4, -0.2) is 72.0 Å². The zero-order valence-corrected chi connectivity index (χ0v) is 13.3. The van der Waals surface area contributed by atoms with Gasteiger partial charge >= 0.3 is 5.97 Å². The molecule has 2 amide bonds. The van der Waals surface area contributed by atoms with E-state index in [0.29, 0.717) is 36.8 Å². The molecule has 1 aliphatic heterocycles. The highest BCUT2D eigenvalue weighted by Crippen LogP contribution is 2.13. The summed E-state index contributed by atoms with van der Waals surface area (Å²) in [6.45, 7) is 1.94. The number of halogens is 1. The normalized spacial score (nSPS) is 15.3. The Balaban J connectivity index is 1.79. The van der Waals surface area contributed by atoms with Gasteiger partial charge in [0.15, 0.2) is 0 Å². The summed E-state index contributed by atoms with van der Waals surface area (Å²) >= 11 is 5.81. The zero-order chi connectivity index (χ0) is 16.8. The van der Waals surface area contributed by atoms with Crippen molar-refractivity contribution in [2.24, 2.45) is 0 Å². The monoisotopic (exact) mass is 339 g/mol. The van der Waals surface area contributed by atoms with Crippen molar-refractivity contribution < 1.29 is 19.5 Å². The van der Waals surface area contributed by atoms with Crippen molar-refractivity contribution in [1.82, 2.24) is 15.1 Å². The van der Waals surface area contributed by atoms with Crippen molar-refractivity contribution in [1.29, 1.82) is 0 Å². The van der Waals surface area contributed by atoms with Crippen LogP contribution in [-0.2, 0) is 9.59 Å². The van der Waals surface area contributed by atoms with E-state index < -0.39 is 5.97 Å². The minimum Gasteiger partial charge on any atom is -0.480 e. The van der Waals surface area contributed by atoms with Gasteiger partial charge in [-0.15, -0.1) is 0 Å². The number of benzene rings is 1. The molecule has 0 saturated carbocycles. The maximum absolute atomic E-state index is 12.3. The summed E-state index contributed by atoms with van der Waals surface area (Å²) < 4.78 is 0. The van der Waals surface area contributed by atoms with Crippen molar-refractivity contribution in [3.05, 3.63) is 34.9 Å². The summed E-state index contributed by atoms with van der Waals surface area (Å²) in [5, 5.41) is 11.4. The fourth-order valence-electron chi connectivity index (χ4n) is 2.32. The average molecular weight is 340 g/mol. The van der Waals surface area contributed by atoms with Crippen LogP contribution < -0.4 is 5.32 Å². The first-order valence-corrected chi connectivity index (χ1v) is 7.59. The Bertz CT molecular complexity index is 583. The number of amides is 2. The number of hydrogen-bond donors (Lipinski definition) is 2. The molecule has 1 aliphatic rings. The lowest BCUT2D eigenvalue weighted by Crippen LogP contribution is -2.51. The molecule has 8 heteroatoms. The van der Waals surface area contributed by atoms with Crippen molar-refractivity contribution in [2.45, 2.75) is 0 Å². The Morgan fingerprint density at radius 1 is 1.09 bits per heavy atom. The zero-order valence-electron chi connectivity index (χ0n) is 12.5. The van der Waals surface area contributed by atoms with Crippen LogP contribution >= 0.6 is 11.6 Å². The first-order chi connectivity index (χ1) is 11.0. The highest BCUT2D eigenvalue weighted by Gasteiger charge is 2.23. The van der Waals surface area contributed by atoms with Crippen LogP contribution in [0.4, 0.5) is 0 Å². The number of carbonyl (C=O) groups excluding carboxylic acids is 2. The summed E-state index contributed by atoms with van der Waals surface area (Å²) in [6, 6.07) is 6.74. The molecule has 0 unspecified atom stereocenters. The predicted molar refractivity (Wildman–Crippen MR) is 84.4 cm³/mol. The van der Waals surface area contributed by atoms with Crippen LogP contribution in [0.25, 0.3) is 0 Å². The Labute approximate surface area is 138 Å². The molecular formula is C15H18ClN3O4. The summed E-state index contributed by atoms with van der Waals surface area (Å²) in [4.78, 5) is 37.9. The molecule has 0 atom stereocenters. The molecule has 0 aliphatic carbocycles. The Hall–Kier alpha value is -2.12. The van der Waals surface area contributed by atoms with Crippen molar-refractivity contribution in [3.63, 3.8) is 0 Å². The standard InChI is InChI=1S/C15H18ClN3O4/c16-12-3-1-11(2-4-12)15(23)19-7-5-18(6-8-19)10-13(20)17-9-14(21)22/h1-4H,5-10H2,(H,17,20)(H,21,22). The second-order valence-electron chi connectivity index (χ2n) is 5.25. The van der Waals surface area contributed by atoms with E-state index in [1.165, 1.54) is 0 Å². The van der Waals surface area contributed by atoms with E-state index in [9.17, 15) is 14.4 Å². The number of nitrogens with one attached hydrogen (secondary N) is 1. The van der Waals surface area contributed by atoms with Gasteiger partial charge in [-0.2, -0.15) is 0 Å². The number of carboxylic acids is 1. The quantitative estimate of drug-likeness (QED) is 0.805. The van der Waals surface area contributed by atoms with Crippen molar-refractivity contribution in [3.8, 4) is 0 Å². The summed E-state index contributed by atoms with van der Waals surface area (Å²) in [5.41, 5.74) is 0.585. The highest BCUT2D eigenvalue weighted by atomic mass is 35.5. The number of hydrogen-bond acceptors (Lipinski definition) is 4. The molecule has 0 radical (unpaired) electrons. The van der Waals surface area contributed by atoms with Gasteiger partial charge in [0.25, 0.3) is 5.91 Å². The van der Waals surface area contributed by atoms with Crippen molar-refractivity contribution in [2.75, 3.05) is 39.3 Å². The Morgan fingerprint density at radius 3 is 2.26 bits per heavy atom. The minimum absolute atomic E-state index is 0.0587. The van der Waals surface area contributed by atoms with Crippen LogP contribution in [0, 0.1) is 0 Å². The van der Waals surface area contributed by atoms with Gasteiger partial charge in [-0.25, -0.2) is 0 Å². The van der Waals surface area contributed by atoms with Gasteiger partial charge in [0.2, 0.25) is 5.91 Å². The highest BCUT2D eigenvalue weighted by molar-refractivity contribution is 6.30. The molecule has 2 N–H and O–H groups in total. The molecule has 2 rings (SSSR count). The fraction of sp³-hybridized carbons (Fsp3) is 0.400.